The standard InChI is InChI=1S/C35H39FN6O5/c1-34(2,3)47-33(44)37-18-23-5-7-24(8-6-23)31-29-30(39-40(31)4)32(43)42(22-38-29)21-35(45)12-14-41(15-13-35)19-26-10-9-25(17-28(26)36)27-11-16-46-20-27/h5-11,16-17,20,22,45H,12-15,18-19,21H2,1-4H3,(H,37,44). The van der Waals surface area contributed by atoms with Crippen molar-refractivity contribution in [3.63, 3.8) is 0 Å². The van der Waals surface area contributed by atoms with Crippen LogP contribution in [0, 0.1) is 5.82 Å². The molecule has 246 valence electrons. The molecule has 12 heteroatoms. The van der Waals surface area contributed by atoms with Crippen molar-refractivity contribution < 1.29 is 23.4 Å². The third kappa shape index (κ3) is 7.28. The van der Waals surface area contributed by atoms with E-state index >= 15 is 0 Å². The summed E-state index contributed by atoms with van der Waals surface area (Å²) in [4.78, 5) is 32.2. The van der Waals surface area contributed by atoms with Crippen LogP contribution < -0.4 is 10.9 Å². The Labute approximate surface area is 271 Å². The molecule has 4 heterocycles. The van der Waals surface area contributed by atoms with E-state index in [4.69, 9.17) is 9.15 Å². The molecule has 11 nitrogen and oxygen atoms in total. The lowest BCUT2D eigenvalue weighted by molar-refractivity contribution is -0.0366. The van der Waals surface area contributed by atoms with E-state index in [1.165, 1.54) is 17.0 Å². The van der Waals surface area contributed by atoms with Gasteiger partial charge in [-0.3, -0.25) is 18.9 Å². The lowest BCUT2D eigenvalue weighted by Crippen LogP contribution is -2.47. The molecule has 0 radical (unpaired) electrons. The molecule has 1 amide bonds. The van der Waals surface area contributed by atoms with E-state index in [1.807, 2.05) is 51.1 Å². The summed E-state index contributed by atoms with van der Waals surface area (Å²) in [6.45, 7) is 7.36. The van der Waals surface area contributed by atoms with Crippen molar-refractivity contribution in [2.75, 3.05) is 13.1 Å². The zero-order chi connectivity index (χ0) is 33.3. The van der Waals surface area contributed by atoms with Gasteiger partial charge in [0.2, 0.25) is 0 Å². The quantitative estimate of drug-likeness (QED) is 0.235. The monoisotopic (exact) mass is 642 g/mol. The highest BCUT2D eigenvalue weighted by atomic mass is 19.1. The predicted octanol–water partition coefficient (Wildman–Crippen LogP) is 5.25. The number of alkyl carbamates (subject to hydrolysis) is 1. The van der Waals surface area contributed by atoms with E-state index < -0.39 is 17.3 Å². The minimum atomic E-state index is -1.11. The molecule has 3 aromatic heterocycles. The molecular formula is C35H39FN6O5. The fraction of sp³-hybridized carbons (Fsp3) is 0.371. The number of ether oxygens (including phenoxy) is 1. The summed E-state index contributed by atoms with van der Waals surface area (Å²) in [5, 5.41) is 18.7. The molecule has 6 rings (SSSR count). The lowest BCUT2D eigenvalue weighted by Gasteiger charge is -2.38. The van der Waals surface area contributed by atoms with Crippen LogP contribution in [0.1, 0.15) is 44.7 Å². The van der Waals surface area contributed by atoms with Crippen molar-refractivity contribution in [2.24, 2.45) is 7.05 Å². The van der Waals surface area contributed by atoms with Gasteiger partial charge in [0.05, 0.1) is 36.7 Å². The molecule has 1 fully saturated rings. The Morgan fingerprint density at radius 3 is 2.45 bits per heavy atom. The number of benzene rings is 2. The Balaban J connectivity index is 1.10. The second-order valence-corrected chi connectivity index (χ2v) is 13.2. The SMILES string of the molecule is Cn1nc2c(=O)n(CC3(O)CCN(Cc4ccc(-c5ccoc5)cc4F)CC3)cnc2c1-c1ccc(CNC(=O)OC(C)(C)C)cc1. The molecule has 1 aliphatic rings. The zero-order valence-corrected chi connectivity index (χ0v) is 27.0. The van der Waals surface area contributed by atoms with E-state index in [0.29, 0.717) is 55.8 Å². The van der Waals surface area contributed by atoms with Gasteiger partial charge in [-0.05, 0) is 56.9 Å². The van der Waals surface area contributed by atoms with Crippen LogP contribution in [0.4, 0.5) is 9.18 Å². The average molecular weight is 643 g/mol. The van der Waals surface area contributed by atoms with E-state index in [-0.39, 0.29) is 23.4 Å². The van der Waals surface area contributed by atoms with Crippen molar-refractivity contribution in [1.82, 2.24) is 29.5 Å². The van der Waals surface area contributed by atoms with Crippen LogP contribution in [0.3, 0.4) is 0 Å². The number of aliphatic hydroxyl groups is 1. The number of hydrogen-bond donors (Lipinski definition) is 2. The maximum absolute atomic E-state index is 14.9. The molecule has 47 heavy (non-hydrogen) atoms. The summed E-state index contributed by atoms with van der Waals surface area (Å²) in [7, 11) is 1.76. The Hall–Kier alpha value is -4.81. The fourth-order valence-corrected chi connectivity index (χ4v) is 5.93. The van der Waals surface area contributed by atoms with Crippen molar-refractivity contribution in [2.45, 2.75) is 64.4 Å². The molecule has 1 aliphatic heterocycles. The fourth-order valence-electron chi connectivity index (χ4n) is 5.93. The van der Waals surface area contributed by atoms with Crippen LogP contribution in [0.15, 0.2) is 76.6 Å². The van der Waals surface area contributed by atoms with E-state index in [2.05, 4.69) is 20.3 Å². The minimum absolute atomic E-state index is 0.0849. The van der Waals surface area contributed by atoms with E-state index in [9.17, 15) is 19.1 Å². The number of carbonyl (C=O) groups excluding carboxylic acids is 1. The summed E-state index contributed by atoms with van der Waals surface area (Å²) in [6.07, 6.45) is 4.97. The van der Waals surface area contributed by atoms with Crippen LogP contribution in [0.25, 0.3) is 33.4 Å². The number of piperidine rings is 1. The molecule has 0 atom stereocenters. The minimum Gasteiger partial charge on any atom is -0.472 e. The Morgan fingerprint density at radius 1 is 1.06 bits per heavy atom. The van der Waals surface area contributed by atoms with Gasteiger partial charge in [0, 0.05) is 49.9 Å². The van der Waals surface area contributed by atoms with E-state index in [0.717, 1.165) is 22.3 Å². The molecule has 1 saturated heterocycles. The third-order valence-corrected chi connectivity index (χ3v) is 8.43. The Bertz CT molecular complexity index is 1930. The number of hydrogen-bond acceptors (Lipinski definition) is 8. The van der Waals surface area contributed by atoms with Gasteiger partial charge in [0.1, 0.15) is 16.9 Å². The molecule has 0 bridgehead atoms. The molecule has 0 unspecified atom stereocenters. The summed E-state index contributed by atoms with van der Waals surface area (Å²) in [6, 6.07) is 14.5. The maximum atomic E-state index is 14.9. The van der Waals surface area contributed by atoms with Gasteiger partial charge in [-0.15, -0.1) is 0 Å². The summed E-state index contributed by atoms with van der Waals surface area (Å²) in [5.41, 5.74) is 3.23. The summed E-state index contributed by atoms with van der Waals surface area (Å²) < 4.78 is 28.3. The third-order valence-electron chi connectivity index (χ3n) is 8.43. The van der Waals surface area contributed by atoms with Crippen LogP contribution in [-0.4, -0.2) is 59.7 Å². The van der Waals surface area contributed by atoms with Gasteiger partial charge < -0.3 is 19.6 Å². The molecule has 5 aromatic rings. The Kier molecular flexibility index (Phi) is 8.73. The van der Waals surface area contributed by atoms with Gasteiger partial charge in [-0.2, -0.15) is 5.10 Å². The molecule has 0 spiro atoms. The number of carbonyl (C=O) groups is 1. The molecule has 0 aliphatic carbocycles. The first kappa shape index (κ1) is 32.1. The molecular weight excluding hydrogens is 603 g/mol. The van der Waals surface area contributed by atoms with Gasteiger partial charge in [0.25, 0.3) is 5.56 Å². The topological polar surface area (TPSA) is 128 Å². The first-order chi connectivity index (χ1) is 22.4. The Morgan fingerprint density at radius 2 is 1.79 bits per heavy atom. The molecule has 2 aromatic carbocycles. The van der Waals surface area contributed by atoms with Gasteiger partial charge >= 0.3 is 6.09 Å². The molecule has 0 saturated carbocycles. The first-order valence-electron chi connectivity index (χ1n) is 15.6. The number of rotatable bonds is 8. The van der Waals surface area contributed by atoms with Crippen LogP contribution in [0.5, 0.6) is 0 Å². The highest BCUT2D eigenvalue weighted by Crippen LogP contribution is 2.29. The first-order valence-corrected chi connectivity index (χ1v) is 15.6. The second-order valence-electron chi connectivity index (χ2n) is 13.2. The maximum Gasteiger partial charge on any atom is 0.407 e. The molecule has 2 N–H and O–H groups in total. The number of amides is 1. The van der Waals surface area contributed by atoms with Gasteiger partial charge in [-0.1, -0.05) is 36.4 Å². The largest absolute Gasteiger partial charge is 0.472 e. The smallest absolute Gasteiger partial charge is 0.407 e. The van der Waals surface area contributed by atoms with Gasteiger partial charge in [0.15, 0.2) is 5.52 Å². The van der Waals surface area contributed by atoms with Crippen LogP contribution >= 0.6 is 0 Å². The van der Waals surface area contributed by atoms with Crippen molar-refractivity contribution in [3.05, 3.63) is 94.7 Å². The summed E-state index contributed by atoms with van der Waals surface area (Å²) >= 11 is 0. The summed E-state index contributed by atoms with van der Waals surface area (Å²) in [5.74, 6) is -0.281. The number of furan rings is 1. The number of likely N-dealkylation sites (tertiary alicyclic amines) is 1. The predicted molar refractivity (Wildman–Crippen MR) is 175 cm³/mol. The average Bonchev–Trinajstić information content (AvgIpc) is 3.68. The zero-order valence-electron chi connectivity index (χ0n) is 27.0. The van der Waals surface area contributed by atoms with Crippen LogP contribution in [0.2, 0.25) is 0 Å². The lowest BCUT2D eigenvalue weighted by atomic mass is 9.91. The number of fused-ring (bicyclic) bond motifs is 1. The number of aryl methyl sites for hydroxylation is 1. The van der Waals surface area contributed by atoms with Crippen LogP contribution in [-0.2, 0) is 31.4 Å². The second kappa shape index (κ2) is 12.8. The normalized spacial score (nSPS) is 15.2. The number of nitrogens with zero attached hydrogens (tertiary/aromatic N) is 5. The number of halogens is 1. The van der Waals surface area contributed by atoms with Crippen molar-refractivity contribution in [1.29, 1.82) is 0 Å². The van der Waals surface area contributed by atoms with Crippen molar-refractivity contribution >= 4 is 17.1 Å². The van der Waals surface area contributed by atoms with Crippen molar-refractivity contribution in [3.8, 4) is 22.4 Å². The highest BCUT2D eigenvalue weighted by Gasteiger charge is 2.34. The van der Waals surface area contributed by atoms with E-state index in [1.54, 1.807) is 36.4 Å². The highest BCUT2D eigenvalue weighted by molar-refractivity contribution is 5.89. The van der Waals surface area contributed by atoms with Gasteiger partial charge in [-0.25, -0.2) is 14.2 Å². The number of nitrogens with one attached hydrogen (secondary N) is 1. The number of aromatic nitrogens is 4.